The van der Waals surface area contributed by atoms with Crippen molar-refractivity contribution in [1.29, 1.82) is 0 Å². The molecule has 0 N–H and O–H groups in total. The quantitative estimate of drug-likeness (QED) is 0.631. The molecular weight excluding hydrogens is 268 g/mol. The molecule has 110 valence electrons. The summed E-state index contributed by atoms with van der Waals surface area (Å²) in [5, 5.41) is 0. The van der Waals surface area contributed by atoms with Gasteiger partial charge in [0.1, 0.15) is 0 Å². The average molecular weight is 286 g/mol. The van der Waals surface area contributed by atoms with Crippen LogP contribution in [0.15, 0.2) is 48.7 Å². The van der Waals surface area contributed by atoms with Gasteiger partial charge in [-0.3, -0.25) is 9.80 Å². The van der Waals surface area contributed by atoms with E-state index in [4.69, 9.17) is 0 Å². The molecule has 0 aliphatic carbocycles. The Kier molecular flexibility index (Phi) is 4.42. The Bertz CT molecular complexity index is 590. The predicted molar refractivity (Wildman–Crippen MR) is 81.2 cm³/mol. The van der Waals surface area contributed by atoms with Crippen molar-refractivity contribution in [2.75, 3.05) is 25.1 Å². The van der Waals surface area contributed by atoms with Crippen molar-refractivity contribution in [2.45, 2.75) is 6.92 Å². The molecule has 5 nitrogen and oxygen atoms in total. The summed E-state index contributed by atoms with van der Waals surface area (Å²) in [4.78, 5) is 27.2. The standard InChI is InChI=1S/C16H18N2O3/c1-4-5-12(2)17-10-11-18(16(17)20)14-8-6-13(7-9-14)15(19)21-3/h4-9H,1,10-11H2,2-3H3/b12-5+. The zero-order valence-electron chi connectivity index (χ0n) is 12.2. The molecule has 0 unspecified atom stereocenters. The maximum atomic E-state index is 12.4. The van der Waals surface area contributed by atoms with Crippen LogP contribution in [0.2, 0.25) is 0 Å². The normalized spacial score (nSPS) is 15.3. The molecule has 1 aromatic carbocycles. The molecule has 1 saturated heterocycles. The Balaban J connectivity index is 2.17. The van der Waals surface area contributed by atoms with Gasteiger partial charge < -0.3 is 4.74 Å². The SMILES string of the molecule is C=C/C=C(\C)N1CCN(c2ccc(C(=O)OC)cc2)C1=O. The first kappa shape index (κ1) is 14.8. The molecule has 0 saturated carbocycles. The summed E-state index contributed by atoms with van der Waals surface area (Å²) in [6, 6.07) is 6.74. The molecule has 1 aliphatic heterocycles. The first-order valence-electron chi connectivity index (χ1n) is 6.65. The molecule has 2 rings (SSSR count). The fraction of sp³-hybridized carbons (Fsp3) is 0.250. The molecule has 0 radical (unpaired) electrons. The average Bonchev–Trinajstić information content (AvgIpc) is 2.88. The summed E-state index contributed by atoms with van der Waals surface area (Å²) >= 11 is 0. The number of benzene rings is 1. The summed E-state index contributed by atoms with van der Waals surface area (Å²) in [6.07, 6.45) is 3.47. The smallest absolute Gasteiger partial charge is 0.337 e. The lowest BCUT2D eigenvalue weighted by Gasteiger charge is -2.19. The van der Waals surface area contributed by atoms with Gasteiger partial charge in [-0.2, -0.15) is 0 Å². The topological polar surface area (TPSA) is 49.9 Å². The molecule has 1 aromatic rings. The van der Waals surface area contributed by atoms with Crippen molar-refractivity contribution >= 4 is 17.7 Å². The van der Waals surface area contributed by atoms with Crippen LogP contribution >= 0.6 is 0 Å². The number of allylic oxidation sites excluding steroid dienone is 3. The van der Waals surface area contributed by atoms with Crippen molar-refractivity contribution in [3.05, 3.63) is 54.3 Å². The fourth-order valence-corrected chi connectivity index (χ4v) is 2.26. The van der Waals surface area contributed by atoms with Crippen LogP contribution in [0, 0.1) is 0 Å². The summed E-state index contributed by atoms with van der Waals surface area (Å²) in [5.41, 5.74) is 2.10. The Hall–Kier alpha value is -2.56. The van der Waals surface area contributed by atoms with Gasteiger partial charge in [-0.05, 0) is 37.3 Å². The van der Waals surface area contributed by atoms with Crippen LogP contribution < -0.4 is 4.90 Å². The van der Waals surface area contributed by atoms with Crippen LogP contribution in [0.5, 0.6) is 0 Å². The molecule has 1 heterocycles. The van der Waals surface area contributed by atoms with Gasteiger partial charge in [0.2, 0.25) is 0 Å². The van der Waals surface area contributed by atoms with E-state index in [0.29, 0.717) is 18.7 Å². The Morgan fingerprint density at radius 3 is 2.52 bits per heavy atom. The van der Waals surface area contributed by atoms with Gasteiger partial charge >= 0.3 is 12.0 Å². The summed E-state index contributed by atoms with van der Waals surface area (Å²) in [5.74, 6) is -0.388. The van der Waals surface area contributed by atoms with E-state index in [9.17, 15) is 9.59 Å². The van der Waals surface area contributed by atoms with E-state index >= 15 is 0 Å². The van der Waals surface area contributed by atoms with Gasteiger partial charge in [0, 0.05) is 24.5 Å². The molecule has 2 amide bonds. The van der Waals surface area contributed by atoms with E-state index in [1.807, 2.05) is 13.0 Å². The van der Waals surface area contributed by atoms with E-state index in [-0.39, 0.29) is 12.0 Å². The highest BCUT2D eigenvalue weighted by atomic mass is 16.5. The van der Waals surface area contributed by atoms with Crippen LogP contribution in [0.4, 0.5) is 10.5 Å². The second-order valence-electron chi connectivity index (χ2n) is 4.67. The van der Waals surface area contributed by atoms with Gasteiger partial charge in [-0.25, -0.2) is 9.59 Å². The lowest BCUT2D eigenvalue weighted by Crippen LogP contribution is -2.30. The minimum absolute atomic E-state index is 0.0728. The Labute approximate surface area is 124 Å². The molecule has 1 aliphatic rings. The predicted octanol–water partition coefficient (Wildman–Crippen LogP) is 2.81. The highest BCUT2D eigenvalue weighted by Gasteiger charge is 2.30. The third kappa shape index (κ3) is 2.97. The van der Waals surface area contributed by atoms with Gasteiger partial charge in [0.05, 0.1) is 12.7 Å². The molecule has 0 bridgehead atoms. The number of rotatable bonds is 4. The lowest BCUT2D eigenvalue weighted by molar-refractivity contribution is 0.0600. The number of esters is 1. The molecule has 1 fully saturated rings. The van der Waals surface area contributed by atoms with Crippen molar-refractivity contribution in [3.63, 3.8) is 0 Å². The summed E-state index contributed by atoms with van der Waals surface area (Å²) in [7, 11) is 1.34. The number of methoxy groups -OCH3 is 1. The monoisotopic (exact) mass is 286 g/mol. The number of carbonyl (C=O) groups excluding carboxylic acids is 2. The van der Waals surface area contributed by atoms with E-state index in [0.717, 1.165) is 11.4 Å². The number of urea groups is 1. The number of nitrogens with zero attached hydrogens (tertiary/aromatic N) is 2. The van der Waals surface area contributed by atoms with Crippen LogP contribution in [0.1, 0.15) is 17.3 Å². The maximum Gasteiger partial charge on any atom is 0.337 e. The van der Waals surface area contributed by atoms with Crippen LogP contribution in [-0.4, -0.2) is 37.1 Å². The number of hydrogen-bond donors (Lipinski definition) is 0. The van der Waals surface area contributed by atoms with Crippen molar-refractivity contribution in [1.82, 2.24) is 4.90 Å². The number of carbonyl (C=O) groups is 2. The summed E-state index contributed by atoms with van der Waals surface area (Å²) in [6.45, 7) is 6.76. The highest BCUT2D eigenvalue weighted by molar-refractivity contribution is 5.96. The van der Waals surface area contributed by atoms with Crippen molar-refractivity contribution in [2.24, 2.45) is 0 Å². The van der Waals surface area contributed by atoms with Gasteiger partial charge in [0.15, 0.2) is 0 Å². The van der Waals surface area contributed by atoms with E-state index < -0.39 is 0 Å². The van der Waals surface area contributed by atoms with E-state index in [1.54, 1.807) is 40.1 Å². The van der Waals surface area contributed by atoms with Gasteiger partial charge in [-0.15, -0.1) is 0 Å². The molecule has 5 heteroatoms. The summed E-state index contributed by atoms with van der Waals surface area (Å²) < 4.78 is 4.65. The Morgan fingerprint density at radius 2 is 1.95 bits per heavy atom. The zero-order valence-corrected chi connectivity index (χ0v) is 12.2. The maximum absolute atomic E-state index is 12.4. The third-order valence-electron chi connectivity index (χ3n) is 3.39. The molecule has 21 heavy (non-hydrogen) atoms. The third-order valence-corrected chi connectivity index (χ3v) is 3.39. The van der Waals surface area contributed by atoms with Crippen molar-refractivity contribution in [3.8, 4) is 0 Å². The number of hydrogen-bond acceptors (Lipinski definition) is 3. The second kappa shape index (κ2) is 6.26. The highest BCUT2D eigenvalue weighted by Crippen LogP contribution is 2.23. The van der Waals surface area contributed by atoms with Gasteiger partial charge in [0.25, 0.3) is 0 Å². The first-order valence-corrected chi connectivity index (χ1v) is 6.65. The second-order valence-corrected chi connectivity index (χ2v) is 4.67. The van der Waals surface area contributed by atoms with Crippen molar-refractivity contribution < 1.29 is 14.3 Å². The lowest BCUT2D eigenvalue weighted by atomic mass is 10.2. The minimum atomic E-state index is -0.388. The molecular formula is C16H18N2O3. The number of amides is 2. The number of anilines is 1. The van der Waals surface area contributed by atoms with Crippen LogP contribution in [0.25, 0.3) is 0 Å². The van der Waals surface area contributed by atoms with Gasteiger partial charge in [-0.1, -0.05) is 12.7 Å². The van der Waals surface area contributed by atoms with E-state index in [1.165, 1.54) is 7.11 Å². The molecule has 0 atom stereocenters. The minimum Gasteiger partial charge on any atom is -0.465 e. The largest absolute Gasteiger partial charge is 0.465 e. The van der Waals surface area contributed by atoms with Crippen LogP contribution in [0.3, 0.4) is 0 Å². The molecule has 0 spiro atoms. The Morgan fingerprint density at radius 1 is 1.29 bits per heavy atom. The molecule has 0 aromatic heterocycles. The van der Waals surface area contributed by atoms with Crippen LogP contribution in [-0.2, 0) is 4.74 Å². The first-order chi connectivity index (χ1) is 10.1. The van der Waals surface area contributed by atoms with E-state index in [2.05, 4.69) is 11.3 Å². The zero-order chi connectivity index (χ0) is 15.4. The number of ether oxygens (including phenoxy) is 1. The fourth-order valence-electron chi connectivity index (χ4n) is 2.26.